The summed E-state index contributed by atoms with van der Waals surface area (Å²) in [6, 6.07) is 0. The van der Waals surface area contributed by atoms with Gasteiger partial charge in [0, 0.05) is 11.8 Å². The topological polar surface area (TPSA) is 55.1 Å². The number of thioether (sulfide) groups is 1. The van der Waals surface area contributed by atoms with E-state index in [2.05, 4.69) is 5.32 Å². The van der Waals surface area contributed by atoms with Crippen molar-refractivity contribution in [2.45, 2.75) is 50.2 Å². The molecule has 1 amide bonds. The standard InChI is InChI=1S/C13H22N2OS2/c14-11(17)13(6-2-1-3-7-13)12(16)15-9-10-5-4-8-18-10/h10H,1-9H2,(H2,14,17)(H,15,16). The van der Waals surface area contributed by atoms with Gasteiger partial charge in [-0.1, -0.05) is 31.5 Å². The van der Waals surface area contributed by atoms with Crippen molar-refractivity contribution >= 4 is 34.9 Å². The van der Waals surface area contributed by atoms with Gasteiger partial charge in [0.25, 0.3) is 0 Å². The molecular formula is C13H22N2OS2. The van der Waals surface area contributed by atoms with Crippen molar-refractivity contribution in [2.75, 3.05) is 12.3 Å². The number of hydrogen-bond donors (Lipinski definition) is 2. The third kappa shape index (κ3) is 2.99. The first-order valence-corrected chi connectivity index (χ1v) is 8.31. The van der Waals surface area contributed by atoms with Gasteiger partial charge >= 0.3 is 0 Å². The van der Waals surface area contributed by atoms with Gasteiger partial charge in [-0.25, -0.2) is 0 Å². The summed E-state index contributed by atoms with van der Waals surface area (Å²) >= 11 is 7.12. The number of nitrogens with two attached hydrogens (primary N) is 1. The molecule has 2 fully saturated rings. The monoisotopic (exact) mass is 286 g/mol. The van der Waals surface area contributed by atoms with E-state index in [1.54, 1.807) is 0 Å². The molecule has 1 unspecified atom stereocenters. The van der Waals surface area contributed by atoms with Crippen LogP contribution < -0.4 is 11.1 Å². The highest BCUT2D eigenvalue weighted by Crippen LogP contribution is 2.37. The second kappa shape index (κ2) is 6.24. The molecule has 1 aliphatic heterocycles. The molecule has 0 aromatic rings. The molecule has 18 heavy (non-hydrogen) atoms. The van der Waals surface area contributed by atoms with Crippen molar-refractivity contribution in [1.82, 2.24) is 5.32 Å². The Morgan fingerprint density at radius 2 is 2.06 bits per heavy atom. The first-order chi connectivity index (χ1) is 8.65. The third-order valence-electron chi connectivity index (χ3n) is 4.13. The molecule has 1 saturated heterocycles. The number of rotatable bonds is 4. The van der Waals surface area contributed by atoms with Crippen molar-refractivity contribution in [2.24, 2.45) is 11.1 Å². The minimum absolute atomic E-state index is 0.0715. The molecule has 1 saturated carbocycles. The van der Waals surface area contributed by atoms with Crippen LogP contribution in [0.15, 0.2) is 0 Å². The third-order valence-corrected chi connectivity index (χ3v) is 5.92. The second-order valence-electron chi connectivity index (χ2n) is 5.35. The highest BCUT2D eigenvalue weighted by molar-refractivity contribution is 8.00. The van der Waals surface area contributed by atoms with Gasteiger partial charge in [0.1, 0.15) is 0 Å². The van der Waals surface area contributed by atoms with Crippen LogP contribution in [0.25, 0.3) is 0 Å². The average molecular weight is 286 g/mol. The lowest BCUT2D eigenvalue weighted by Gasteiger charge is -2.35. The summed E-state index contributed by atoms with van der Waals surface area (Å²) in [4.78, 5) is 12.8. The molecule has 2 rings (SSSR count). The Kier molecular flexibility index (Phi) is 4.90. The van der Waals surface area contributed by atoms with E-state index in [-0.39, 0.29) is 5.91 Å². The lowest BCUT2D eigenvalue weighted by atomic mass is 9.73. The zero-order valence-electron chi connectivity index (χ0n) is 10.7. The van der Waals surface area contributed by atoms with E-state index in [4.69, 9.17) is 18.0 Å². The fraction of sp³-hybridized carbons (Fsp3) is 0.846. The molecule has 2 aliphatic rings. The van der Waals surface area contributed by atoms with E-state index in [9.17, 15) is 4.79 Å². The molecule has 0 aromatic heterocycles. The first-order valence-electron chi connectivity index (χ1n) is 6.85. The van der Waals surface area contributed by atoms with Crippen molar-refractivity contribution in [1.29, 1.82) is 0 Å². The lowest BCUT2D eigenvalue weighted by molar-refractivity contribution is -0.128. The van der Waals surface area contributed by atoms with Gasteiger partial charge in [-0.2, -0.15) is 11.8 Å². The summed E-state index contributed by atoms with van der Waals surface area (Å²) in [5.41, 5.74) is 5.29. The SMILES string of the molecule is NC(=S)C1(C(=O)NCC2CCCS2)CCCCC1. The van der Waals surface area contributed by atoms with Crippen molar-refractivity contribution in [3.63, 3.8) is 0 Å². The summed E-state index contributed by atoms with van der Waals surface area (Å²) in [7, 11) is 0. The van der Waals surface area contributed by atoms with E-state index >= 15 is 0 Å². The number of carbonyl (C=O) groups excluding carboxylic acids is 1. The predicted molar refractivity (Wildman–Crippen MR) is 80.8 cm³/mol. The van der Waals surface area contributed by atoms with Gasteiger partial charge in [0.05, 0.1) is 10.4 Å². The summed E-state index contributed by atoms with van der Waals surface area (Å²) in [6.07, 6.45) is 7.44. The molecule has 0 aromatic carbocycles. The Bertz CT molecular complexity index is 321. The Morgan fingerprint density at radius 1 is 1.33 bits per heavy atom. The van der Waals surface area contributed by atoms with Gasteiger partial charge in [0.2, 0.25) is 5.91 Å². The van der Waals surface area contributed by atoms with Gasteiger partial charge in [0.15, 0.2) is 0 Å². The van der Waals surface area contributed by atoms with Crippen LogP contribution in [0.1, 0.15) is 44.9 Å². The summed E-state index contributed by atoms with van der Waals surface area (Å²) in [5.74, 6) is 1.29. The highest BCUT2D eigenvalue weighted by Gasteiger charge is 2.42. The minimum atomic E-state index is -0.559. The van der Waals surface area contributed by atoms with Crippen LogP contribution in [-0.2, 0) is 4.79 Å². The largest absolute Gasteiger partial charge is 0.392 e. The number of nitrogens with one attached hydrogen (secondary N) is 1. The maximum Gasteiger partial charge on any atom is 0.233 e. The van der Waals surface area contributed by atoms with E-state index in [0.29, 0.717) is 10.2 Å². The fourth-order valence-electron chi connectivity index (χ4n) is 2.92. The molecular weight excluding hydrogens is 264 g/mol. The van der Waals surface area contributed by atoms with Crippen LogP contribution in [-0.4, -0.2) is 28.4 Å². The Hall–Kier alpha value is -0.290. The molecule has 0 bridgehead atoms. The Labute approximate surface area is 119 Å². The zero-order chi connectivity index (χ0) is 13.0. The van der Waals surface area contributed by atoms with Gasteiger partial charge in [-0.3, -0.25) is 4.79 Å². The van der Waals surface area contributed by atoms with Gasteiger partial charge < -0.3 is 11.1 Å². The minimum Gasteiger partial charge on any atom is -0.392 e. The number of amides is 1. The van der Waals surface area contributed by atoms with Crippen molar-refractivity contribution in [3.8, 4) is 0 Å². The first kappa shape index (κ1) is 14.1. The normalized spacial score (nSPS) is 26.8. The molecule has 1 heterocycles. The molecule has 102 valence electrons. The van der Waals surface area contributed by atoms with Crippen molar-refractivity contribution < 1.29 is 4.79 Å². The summed E-state index contributed by atoms with van der Waals surface area (Å²) in [5, 5.41) is 3.67. The van der Waals surface area contributed by atoms with Gasteiger partial charge in [-0.05, 0) is 31.4 Å². The summed E-state index contributed by atoms with van der Waals surface area (Å²) < 4.78 is 0. The van der Waals surface area contributed by atoms with E-state index in [0.717, 1.165) is 32.2 Å². The zero-order valence-corrected chi connectivity index (χ0v) is 12.4. The van der Waals surface area contributed by atoms with Gasteiger partial charge in [-0.15, -0.1) is 0 Å². The number of thiocarbonyl (C=S) groups is 1. The van der Waals surface area contributed by atoms with Crippen LogP contribution in [0, 0.1) is 5.41 Å². The molecule has 0 radical (unpaired) electrons. The maximum atomic E-state index is 12.4. The average Bonchev–Trinajstić information content (AvgIpc) is 2.89. The highest BCUT2D eigenvalue weighted by atomic mass is 32.2. The number of carbonyl (C=O) groups is 1. The molecule has 5 heteroatoms. The molecule has 0 spiro atoms. The quantitative estimate of drug-likeness (QED) is 0.778. The predicted octanol–water partition coefficient (Wildman–Crippen LogP) is 2.23. The van der Waals surface area contributed by atoms with E-state index in [1.807, 2.05) is 11.8 Å². The van der Waals surface area contributed by atoms with Crippen molar-refractivity contribution in [3.05, 3.63) is 0 Å². The number of hydrogen-bond acceptors (Lipinski definition) is 3. The molecule has 1 aliphatic carbocycles. The van der Waals surface area contributed by atoms with Crippen LogP contribution in [0.5, 0.6) is 0 Å². The molecule has 3 nitrogen and oxygen atoms in total. The Balaban J connectivity index is 1.93. The van der Waals surface area contributed by atoms with E-state index in [1.165, 1.54) is 25.0 Å². The van der Waals surface area contributed by atoms with Crippen LogP contribution in [0.3, 0.4) is 0 Å². The second-order valence-corrected chi connectivity index (χ2v) is 7.20. The fourth-order valence-corrected chi connectivity index (χ4v) is 4.42. The van der Waals surface area contributed by atoms with Crippen LogP contribution >= 0.6 is 24.0 Å². The van der Waals surface area contributed by atoms with Crippen LogP contribution in [0.2, 0.25) is 0 Å². The van der Waals surface area contributed by atoms with Crippen LogP contribution in [0.4, 0.5) is 0 Å². The maximum absolute atomic E-state index is 12.4. The molecule has 1 atom stereocenters. The smallest absolute Gasteiger partial charge is 0.233 e. The molecule has 3 N–H and O–H groups in total. The van der Waals surface area contributed by atoms with E-state index < -0.39 is 5.41 Å². The Morgan fingerprint density at radius 3 is 2.61 bits per heavy atom. The summed E-state index contributed by atoms with van der Waals surface area (Å²) in [6.45, 7) is 0.772. The lowest BCUT2D eigenvalue weighted by Crippen LogP contribution is -2.51.